The molecule has 1 heterocycles. The van der Waals surface area contributed by atoms with Crippen LogP contribution in [0.25, 0.3) is 5.69 Å². The van der Waals surface area contributed by atoms with E-state index in [4.69, 9.17) is 16.7 Å². The summed E-state index contributed by atoms with van der Waals surface area (Å²) in [5.74, 6) is -1.13. The Kier molecular flexibility index (Phi) is 2.54. The molecular formula is C10H7ClN2O3. The lowest BCUT2D eigenvalue weighted by Gasteiger charge is -2.05. The van der Waals surface area contributed by atoms with Gasteiger partial charge in [0.25, 0.3) is 0 Å². The second-order valence-electron chi connectivity index (χ2n) is 3.11. The molecular weight excluding hydrogens is 232 g/mol. The Balaban J connectivity index is 2.55. The lowest BCUT2D eigenvalue weighted by molar-refractivity contribution is 0.0697. The maximum atomic E-state index is 10.8. The summed E-state index contributed by atoms with van der Waals surface area (Å²) in [6, 6.07) is 3.93. The predicted molar refractivity (Wildman–Crippen MR) is 57.2 cm³/mol. The number of aromatic nitrogens is 2. The largest absolute Gasteiger partial charge is 0.506 e. The average Bonchev–Trinajstić information content (AvgIpc) is 2.65. The van der Waals surface area contributed by atoms with Crippen molar-refractivity contribution >= 4 is 17.6 Å². The highest BCUT2D eigenvalue weighted by Crippen LogP contribution is 2.23. The number of aromatic carboxylic acids is 1. The van der Waals surface area contributed by atoms with Crippen LogP contribution in [0.1, 0.15) is 10.4 Å². The summed E-state index contributed by atoms with van der Waals surface area (Å²) in [6.45, 7) is 0. The van der Waals surface area contributed by atoms with E-state index >= 15 is 0 Å². The van der Waals surface area contributed by atoms with Gasteiger partial charge in [-0.05, 0) is 18.2 Å². The molecule has 6 heteroatoms. The number of phenolic OH excluding ortho intramolecular Hbond substituents is 1. The Morgan fingerprint density at radius 2 is 2.19 bits per heavy atom. The molecule has 0 aliphatic carbocycles. The van der Waals surface area contributed by atoms with Gasteiger partial charge in [-0.15, -0.1) is 0 Å². The van der Waals surface area contributed by atoms with Crippen LogP contribution in [0.2, 0.25) is 5.02 Å². The summed E-state index contributed by atoms with van der Waals surface area (Å²) in [5.41, 5.74) is 0.339. The molecule has 0 aliphatic heterocycles. The van der Waals surface area contributed by atoms with Crippen LogP contribution in [-0.2, 0) is 0 Å². The van der Waals surface area contributed by atoms with Crippen molar-refractivity contribution in [2.45, 2.75) is 0 Å². The Hall–Kier alpha value is -2.01. The first-order valence-corrected chi connectivity index (χ1v) is 4.72. The fourth-order valence-electron chi connectivity index (χ4n) is 1.27. The number of hydrogen-bond acceptors (Lipinski definition) is 3. The molecule has 0 aliphatic rings. The highest BCUT2D eigenvalue weighted by molar-refractivity contribution is 6.30. The van der Waals surface area contributed by atoms with Gasteiger partial charge in [0.1, 0.15) is 11.4 Å². The number of halogens is 1. The number of carboxylic acid groups (broad SMARTS) is 1. The van der Waals surface area contributed by atoms with E-state index in [1.165, 1.54) is 35.3 Å². The normalized spacial score (nSPS) is 10.3. The monoisotopic (exact) mass is 238 g/mol. The fourth-order valence-corrected chi connectivity index (χ4v) is 1.41. The first kappa shape index (κ1) is 10.5. The summed E-state index contributed by atoms with van der Waals surface area (Å²) >= 11 is 5.68. The summed E-state index contributed by atoms with van der Waals surface area (Å²) in [6.07, 6.45) is 2.87. The standard InChI is InChI=1S/C10H7ClN2O3/c11-7-4-12-13(5-7)8-3-6(10(15)16)1-2-9(8)14/h1-5,14H,(H,15,16). The second kappa shape index (κ2) is 3.86. The van der Waals surface area contributed by atoms with Crippen LogP contribution < -0.4 is 0 Å². The van der Waals surface area contributed by atoms with Crippen molar-refractivity contribution in [1.29, 1.82) is 0 Å². The molecule has 2 aromatic rings. The third-order valence-electron chi connectivity index (χ3n) is 2.02. The third kappa shape index (κ3) is 1.85. The topological polar surface area (TPSA) is 75.3 Å². The van der Waals surface area contributed by atoms with Crippen molar-refractivity contribution in [2.75, 3.05) is 0 Å². The summed E-state index contributed by atoms with van der Waals surface area (Å²) in [7, 11) is 0. The fraction of sp³-hybridized carbons (Fsp3) is 0. The molecule has 0 unspecified atom stereocenters. The van der Waals surface area contributed by atoms with Crippen LogP contribution in [0.5, 0.6) is 5.75 Å². The number of carboxylic acids is 1. The van der Waals surface area contributed by atoms with Crippen molar-refractivity contribution in [1.82, 2.24) is 9.78 Å². The number of rotatable bonds is 2. The van der Waals surface area contributed by atoms with Gasteiger partial charge >= 0.3 is 5.97 Å². The molecule has 0 amide bonds. The minimum Gasteiger partial charge on any atom is -0.506 e. The summed E-state index contributed by atoms with van der Waals surface area (Å²) in [5, 5.41) is 22.7. The van der Waals surface area contributed by atoms with Crippen LogP contribution in [-0.4, -0.2) is 26.0 Å². The Labute approximate surface area is 95.5 Å². The van der Waals surface area contributed by atoms with Crippen molar-refractivity contribution in [3.63, 3.8) is 0 Å². The minimum absolute atomic E-state index is 0.0650. The van der Waals surface area contributed by atoms with Crippen molar-refractivity contribution in [3.8, 4) is 11.4 Å². The molecule has 16 heavy (non-hydrogen) atoms. The highest BCUT2D eigenvalue weighted by Gasteiger charge is 2.10. The predicted octanol–water partition coefficient (Wildman–Crippen LogP) is 1.93. The van der Waals surface area contributed by atoms with E-state index in [0.717, 1.165) is 0 Å². The van der Waals surface area contributed by atoms with E-state index in [0.29, 0.717) is 5.02 Å². The molecule has 1 aromatic carbocycles. The quantitative estimate of drug-likeness (QED) is 0.838. The zero-order chi connectivity index (χ0) is 11.7. The lowest BCUT2D eigenvalue weighted by Crippen LogP contribution is -2.00. The summed E-state index contributed by atoms with van der Waals surface area (Å²) in [4.78, 5) is 10.8. The van der Waals surface area contributed by atoms with Gasteiger partial charge in [-0.2, -0.15) is 5.10 Å². The Bertz CT molecular complexity index is 551. The summed E-state index contributed by atoms with van der Waals surface area (Å²) < 4.78 is 1.31. The number of carbonyl (C=O) groups is 1. The molecule has 0 atom stereocenters. The number of phenols is 1. The molecule has 0 spiro atoms. The van der Waals surface area contributed by atoms with Gasteiger partial charge in [-0.1, -0.05) is 11.6 Å². The SMILES string of the molecule is O=C(O)c1ccc(O)c(-n2cc(Cl)cn2)c1. The zero-order valence-electron chi connectivity index (χ0n) is 7.96. The van der Waals surface area contributed by atoms with Gasteiger partial charge in [0.2, 0.25) is 0 Å². The van der Waals surface area contributed by atoms with Crippen LogP contribution in [0.3, 0.4) is 0 Å². The number of aromatic hydroxyl groups is 1. The first-order chi connectivity index (χ1) is 7.58. The van der Waals surface area contributed by atoms with Gasteiger partial charge < -0.3 is 10.2 Å². The Morgan fingerprint density at radius 1 is 1.44 bits per heavy atom. The van der Waals surface area contributed by atoms with Crippen molar-refractivity contribution < 1.29 is 15.0 Å². The number of nitrogens with zero attached hydrogens (tertiary/aromatic N) is 2. The minimum atomic E-state index is -1.07. The van der Waals surface area contributed by atoms with E-state index in [9.17, 15) is 9.90 Å². The number of benzene rings is 1. The molecule has 82 valence electrons. The zero-order valence-corrected chi connectivity index (χ0v) is 8.72. The van der Waals surface area contributed by atoms with Gasteiger partial charge in [0.05, 0.1) is 16.8 Å². The van der Waals surface area contributed by atoms with E-state index in [2.05, 4.69) is 5.10 Å². The van der Waals surface area contributed by atoms with Gasteiger partial charge in [0, 0.05) is 6.20 Å². The molecule has 2 rings (SSSR count). The molecule has 0 saturated heterocycles. The van der Waals surface area contributed by atoms with Crippen LogP contribution in [0, 0.1) is 0 Å². The van der Waals surface area contributed by atoms with Crippen molar-refractivity contribution in [2.24, 2.45) is 0 Å². The van der Waals surface area contributed by atoms with E-state index in [-0.39, 0.29) is 17.0 Å². The van der Waals surface area contributed by atoms with E-state index < -0.39 is 5.97 Å². The van der Waals surface area contributed by atoms with E-state index in [1.807, 2.05) is 0 Å². The van der Waals surface area contributed by atoms with Crippen molar-refractivity contribution in [3.05, 3.63) is 41.2 Å². The molecule has 0 bridgehead atoms. The third-order valence-corrected chi connectivity index (χ3v) is 2.22. The van der Waals surface area contributed by atoms with E-state index in [1.54, 1.807) is 0 Å². The van der Waals surface area contributed by atoms with Gasteiger partial charge in [0.15, 0.2) is 0 Å². The molecule has 0 radical (unpaired) electrons. The smallest absolute Gasteiger partial charge is 0.335 e. The van der Waals surface area contributed by atoms with Crippen LogP contribution in [0.4, 0.5) is 0 Å². The average molecular weight is 239 g/mol. The van der Waals surface area contributed by atoms with Crippen LogP contribution >= 0.6 is 11.6 Å². The molecule has 0 fully saturated rings. The molecule has 5 nitrogen and oxygen atoms in total. The first-order valence-electron chi connectivity index (χ1n) is 4.35. The maximum Gasteiger partial charge on any atom is 0.335 e. The maximum absolute atomic E-state index is 10.8. The molecule has 0 saturated carbocycles. The second-order valence-corrected chi connectivity index (χ2v) is 3.55. The lowest BCUT2D eigenvalue weighted by atomic mass is 10.2. The van der Waals surface area contributed by atoms with Gasteiger partial charge in [-0.25, -0.2) is 9.48 Å². The van der Waals surface area contributed by atoms with Gasteiger partial charge in [-0.3, -0.25) is 0 Å². The molecule has 1 aromatic heterocycles. The Morgan fingerprint density at radius 3 is 2.75 bits per heavy atom. The highest BCUT2D eigenvalue weighted by atomic mass is 35.5. The molecule has 2 N–H and O–H groups in total. The van der Waals surface area contributed by atoms with Crippen LogP contribution in [0.15, 0.2) is 30.6 Å². The number of hydrogen-bond donors (Lipinski definition) is 2.